The largest absolute Gasteiger partial charge is 0.422 e. The van der Waals surface area contributed by atoms with Gasteiger partial charge in [0.05, 0.1) is 16.2 Å². The van der Waals surface area contributed by atoms with Crippen LogP contribution in [-0.4, -0.2) is 28.7 Å². The molecule has 4 amide bonds. The first-order chi connectivity index (χ1) is 17.2. The van der Waals surface area contributed by atoms with Gasteiger partial charge >= 0.3 is 12.0 Å². The molecule has 0 spiro atoms. The zero-order valence-corrected chi connectivity index (χ0v) is 19.5. The molecule has 10 nitrogen and oxygen atoms in total. The molecule has 1 saturated heterocycles. The number of anilines is 1. The average Bonchev–Trinajstić information content (AvgIpc) is 2.84. The minimum atomic E-state index is -1.12. The van der Waals surface area contributed by atoms with Gasteiger partial charge in [0.2, 0.25) is 0 Å². The summed E-state index contributed by atoms with van der Waals surface area (Å²) in [5.74, 6) is -3.86. The van der Waals surface area contributed by atoms with E-state index in [1.807, 2.05) is 5.32 Å². The zero-order chi connectivity index (χ0) is 26.0. The van der Waals surface area contributed by atoms with Gasteiger partial charge in [0.15, 0.2) is 0 Å². The number of non-ortho nitro benzene ring substituents is 1. The van der Waals surface area contributed by atoms with Gasteiger partial charge in [0.1, 0.15) is 17.1 Å². The van der Waals surface area contributed by atoms with Gasteiger partial charge in [0, 0.05) is 22.2 Å². The van der Waals surface area contributed by atoms with E-state index in [2.05, 4.69) is 15.9 Å². The van der Waals surface area contributed by atoms with Crippen LogP contribution in [0.25, 0.3) is 6.08 Å². The van der Waals surface area contributed by atoms with E-state index in [0.29, 0.717) is 9.37 Å². The summed E-state index contributed by atoms with van der Waals surface area (Å²) in [6.07, 6.45) is 1.10. The lowest BCUT2D eigenvalue weighted by Crippen LogP contribution is -2.54. The van der Waals surface area contributed by atoms with E-state index in [1.54, 1.807) is 6.07 Å². The van der Waals surface area contributed by atoms with Crippen LogP contribution in [0.3, 0.4) is 0 Å². The number of amides is 4. The Morgan fingerprint density at radius 1 is 1.06 bits per heavy atom. The van der Waals surface area contributed by atoms with Gasteiger partial charge < -0.3 is 4.74 Å². The molecule has 0 bridgehead atoms. The second kappa shape index (κ2) is 9.88. The van der Waals surface area contributed by atoms with Crippen molar-refractivity contribution in [2.24, 2.45) is 0 Å². The second-order valence-electron chi connectivity index (χ2n) is 7.28. The van der Waals surface area contributed by atoms with E-state index in [0.717, 1.165) is 24.3 Å². The van der Waals surface area contributed by atoms with Gasteiger partial charge in [-0.3, -0.25) is 25.0 Å². The Labute approximate surface area is 210 Å². The first-order valence-electron chi connectivity index (χ1n) is 10.1. The lowest BCUT2D eigenvalue weighted by molar-refractivity contribution is -0.384. The molecule has 0 atom stereocenters. The Morgan fingerprint density at radius 3 is 2.42 bits per heavy atom. The highest BCUT2D eigenvalue weighted by atomic mass is 79.9. The molecule has 36 heavy (non-hydrogen) atoms. The number of urea groups is 1. The van der Waals surface area contributed by atoms with E-state index in [-0.39, 0.29) is 28.3 Å². The number of hydrogen-bond acceptors (Lipinski definition) is 7. The zero-order valence-electron chi connectivity index (χ0n) is 17.9. The average molecular weight is 554 g/mol. The number of esters is 1. The number of nitro groups is 1. The Bertz CT molecular complexity index is 1470. The van der Waals surface area contributed by atoms with Crippen molar-refractivity contribution in [3.8, 4) is 5.75 Å². The minimum Gasteiger partial charge on any atom is -0.422 e. The van der Waals surface area contributed by atoms with Gasteiger partial charge in [-0.05, 0) is 48.5 Å². The van der Waals surface area contributed by atoms with Crippen molar-refractivity contribution in [1.82, 2.24) is 5.32 Å². The highest BCUT2D eigenvalue weighted by Gasteiger charge is 2.38. The van der Waals surface area contributed by atoms with Crippen LogP contribution in [-0.2, 0) is 9.59 Å². The maximum atomic E-state index is 14.3. The van der Waals surface area contributed by atoms with E-state index < -0.39 is 40.1 Å². The van der Waals surface area contributed by atoms with Gasteiger partial charge in [-0.25, -0.2) is 18.9 Å². The van der Waals surface area contributed by atoms with Crippen molar-refractivity contribution in [3.05, 3.63) is 104 Å². The first-order valence-corrected chi connectivity index (χ1v) is 10.9. The van der Waals surface area contributed by atoms with Crippen LogP contribution in [0.2, 0.25) is 0 Å². The molecule has 3 aromatic rings. The predicted molar refractivity (Wildman–Crippen MR) is 128 cm³/mol. The molecule has 1 N–H and O–H groups in total. The molecule has 1 fully saturated rings. The summed E-state index contributed by atoms with van der Waals surface area (Å²) in [7, 11) is 0. The smallest absolute Gasteiger partial charge is 0.343 e. The number of benzene rings is 3. The van der Waals surface area contributed by atoms with E-state index >= 15 is 0 Å². The number of hydrogen-bond donors (Lipinski definition) is 1. The molecule has 1 heterocycles. The van der Waals surface area contributed by atoms with Crippen molar-refractivity contribution < 1.29 is 33.2 Å². The lowest BCUT2D eigenvalue weighted by Gasteiger charge is -2.26. The maximum absolute atomic E-state index is 14.3. The number of ether oxygens (including phenoxy) is 1. The molecule has 1 aliphatic heterocycles. The molecule has 1 aliphatic rings. The van der Waals surface area contributed by atoms with Crippen molar-refractivity contribution >= 4 is 57.2 Å². The number of imide groups is 2. The molecule has 4 rings (SSSR count). The highest BCUT2D eigenvalue weighted by Crippen LogP contribution is 2.29. The fourth-order valence-corrected chi connectivity index (χ4v) is 3.65. The molecular weight excluding hydrogens is 541 g/mol. The monoisotopic (exact) mass is 553 g/mol. The maximum Gasteiger partial charge on any atom is 0.343 e. The number of carbonyl (C=O) groups is 4. The summed E-state index contributed by atoms with van der Waals surface area (Å²) >= 11 is 3.26. The Hall–Kier alpha value is -4.71. The number of nitrogens with zero attached hydrogens (tertiary/aromatic N) is 2. The number of rotatable bonds is 5. The number of carbonyl (C=O) groups excluding carboxylic acids is 4. The van der Waals surface area contributed by atoms with Gasteiger partial charge in [-0.15, -0.1) is 0 Å². The predicted octanol–water partition coefficient (Wildman–Crippen LogP) is 4.38. The van der Waals surface area contributed by atoms with Gasteiger partial charge in [-0.1, -0.05) is 28.1 Å². The van der Waals surface area contributed by atoms with Crippen molar-refractivity contribution in [1.29, 1.82) is 0 Å². The number of nitro benzene ring substituents is 1. The molecule has 3 aromatic carbocycles. The Kier molecular flexibility index (Phi) is 6.70. The first kappa shape index (κ1) is 24.4. The highest BCUT2D eigenvalue weighted by molar-refractivity contribution is 9.10. The fourth-order valence-electron chi connectivity index (χ4n) is 3.27. The van der Waals surface area contributed by atoms with Crippen LogP contribution in [0.5, 0.6) is 5.75 Å². The summed E-state index contributed by atoms with van der Waals surface area (Å²) in [6, 6.07) is 13.0. The molecule has 0 radical (unpaired) electrons. The number of halogens is 2. The SMILES string of the molecule is O=C1NC(=O)N(c2ccccc2F)C(=O)/C1=C\c1cc(Br)ccc1OC(=O)c1ccc([N+](=O)[O-])cc1. The third kappa shape index (κ3) is 4.88. The summed E-state index contributed by atoms with van der Waals surface area (Å²) < 4.78 is 20.2. The summed E-state index contributed by atoms with van der Waals surface area (Å²) in [6.45, 7) is 0. The summed E-state index contributed by atoms with van der Waals surface area (Å²) in [5, 5.41) is 12.8. The molecule has 0 saturated carbocycles. The molecule has 0 aliphatic carbocycles. The van der Waals surface area contributed by atoms with Crippen molar-refractivity contribution in [3.63, 3.8) is 0 Å². The Morgan fingerprint density at radius 2 is 1.75 bits per heavy atom. The van der Waals surface area contributed by atoms with Crippen molar-refractivity contribution in [2.45, 2.75) is 0 Å². The van der Waals surface area contributed by atoms with E-state index in [4.69, 9.17) is 4.74 Å². The molecule has 180 valence electrons. The minimum absolute atomic E-state index is 0.0185. The van der Waals surface area contributed by atoms with Crippen LogP contribution in [0, 0.1) is 15.9 Å². The van der Waals surface area contributed by atoms with Crippen LogP contribution in [0.1, 0.15) is 15.9 Å². The normalized spacial score (nSPS) is 14.6. The van der Waals surface area contributed by atoms with Crippen LogP contribution < -0.4 is 15.0 Å². The van der Waals surface area contributed by atoms with Crippen LogP contribution in [0.4, 0.5) is 20.6 Å². The number of para-hydroxylation sites is 1. The van der Waals surface area contributed by atoms with Gasteiger partial charge in [0.25, 0.3) is 17.5 Å². The molecular formula is C24H13BrFN3O7. The van der Waals surface area contributed by atoms with E-state index in [9.17, 15) is 33.7 Å². The molecule has 0 aromatic heterocycles. The van der Waals surface area contributed by atoms with E-state index in [1.165, 1.54) is 42.5 Å². The molecule has 12 heteroatoms. The lowest BCUT2D eigenvalue weighted by atomic mass is 10.1. The summed E-state index contributed by atoms with van der Waals surface area (Å²) in [4.78, 5) is 61.2. The third-order valence-electron chi connectivity index (χ3n) is 4.98. The number of nitrogens with one attached hydrogen (secondary N) is 1. The van der Waals surface area contributed by atoms with Gasteiger partial charge in [-0.2, -0.15) is 0 Å². The van der Waals surface area contributed by atoms with Crippen LogP contribution >= 0.6 is 15.9 Å². The third-order valence-corrected chi connectivity index (χ3v) is 5.48. The fraction of sp³-hybridized carbons (Fsp3) is 0. The van der Waals surface area contributed by atoms with Crippen molar-refractivity contribution in [2.75, 3.05) is 4.90 Å². The topological polar surface area (TPSA) is 136 Å². The van der Waals surface area contributed by atoms with Crippen LogP contribution in [0.15, 0.2) is 76.8 Å². The molecule has 0 unspecified atom stereocenters. The summed E-state index contributed by atoms with van der Waals surface area (Å²) in [5.41, 5.74) is -0.941. The number of barbiturate groups is 1. The quantitative estimate of drug-likeness (QED) is 0.123. The Balaban J connectivity index is 1.69. The standard InChI is InChI=1S/C24H13BrFN3O7/c25-15-7-10-20(36-23(32)13-5-8-16(9-6-13)29(34)35)14(11-15)12-17-21(30)27-24(33)28(22(17)31)19-4-2-1-3-18(19)26/h1-12H,(H,27,30,33)/b17-12-. The second-order valence-corrected chi connectivity index (χ2v) is 8.20.